The second-order valence-corrected chi connectivity index (χ2v) is 5.41. The molecule has 1 atom stereocenters. The summed E-state index contributed by atoms with van der Waals surface area (Å²) in [7, 11) is 0. The van der Waals surface area contributed by atoms with Crippen LogP contribution in [-0.4, -0.2) is 6.61 Å². The minimum Gasteiger partial charge on any atom is -0.494 e. The Morgan fingerprint density at radius 1 is 1.10 bits per heavy atom. The monoisotopic (exact) mass is 278 g/mol. The van der Waals surface area contributed by atoms with E-state index in [4.69, 9.17) is 10.6 Å². The van der Waals surface area contributed by atoms with Crippen LogP contribution in [0.1, 0.15) is 64.5 Å². The van der Waals surface area contributed by atoms with Gasteiger partial charge in [-0.1, -0.05) is 52.2 Å². The van der Waals surface area contributed by atoms with E-state index >= 15 is 0 Å². The Bertz CT molecular complexity index is 347. The second-order valence-electron chi connectivity index (χ2n) is 5.41. The number of nitrogens with two attached hydrogens (primary N) is 1. The number of benzene rings is 1. The van der Waals surface area contributed by atoms with Gasteiger partial charge in [0.25, 0.3) is 0 Å². The summed E-state index contributed by atoms with van der Waals surface area (Å²) >= 11 is 0. The number of hydrogen-bond donors (Lipinski definition) is 2. The van der Waals surface area contributed by atoms with Crippen molar-refractivity contribution in [1.82, 2.24) is 5.43 Å². The lowest BCUT2D eigenvalue weighted by Crippen LogP contribution is -2.29. The molecule has 0 spiro atoms. The molecule has 0 radical (unpaired) electrons. The molecule has 1 rings (SSSR count). The van der Waals surface area contributed by atoms with E-state index in [1.165, 1.54) is 18.4 Å². The first-order chi connectivity index (χ1) is 9.74. The van der Waals surface area contributed by atoms with Crippen LogP contribution >= 0.6 is 0 Å². The van der Waals surface area contributed by atoms with Gasteiger partial charge in [0, 0.05) is 6.04 Å². The second kappa shape index (κ2) is 9.78. The normalized spacial score (nSPS) is 12.7. The Hall–Kier alpha value is -1.06. The number of hydrogen-bond acceptors (Lipinski definition) is 3. The summed E-state index contributed by atoms with van der Waals surface area (Å²) in [5, 5.41) is 0. The molecule has 0 aromatic heterocycles. The van der Waals surface area contributed by atoms with Crippen LogP contribution in [0.25, 0.3) is 0 Å². The largest absolute Gasteiger partial charge is 0.494 e. The van der Waals surface area contributed by atoms with Gasteiger partial charge in [-0.15, -0.1) is 0 Å². The molecule has 20 heavy (non-hydrogen) atoms. The zero-order valence-corrected chi connectivity index (χ0v) is 13.2. The van der Waals surface area contributed by atoms with Crippen LogP contribution < -0.4 is 16.0 Å². The molecular weight excluding hydrogens is 248 g/mol. The number of unbranched alkanes of at least 4 members (excludes halogenated alkanes) is 1. The predicted molar refractivity (Wildman–Crippen MR) is 85.6 cm³/mol. The van der Waals surface area contributed by atoms with Crippen molar-refractivity contribution in [2.45, 2.75) is 58.9 Å². The van der Waals surface area contributed by atoms with Gasteiger partial charge >= 0.3 is 0 Å². The molecule has 0 saturated heterocycles. The third-order valence-electron chi connectivity index (χ3n) is 3.97. The van der Waals surface area contributed by atoms with Crippen LogP contribution in [0.2, 0.25) is 0 Å². The Morgan fingerprint density at radius 2 is 1.75 bits per heavy atom. The van der Waals surface area contributed by atoms with Gasteiger partial charge in [-0.25, -0.2) is 0 Å². The Labute approximate surface area is 123 Å². The third-order valence-corrected chi connectivity index (χ3v) is 3.97. The van der Waals surface area contributed by atoms with Crippen LogP contribution in [0.3, 0.4) is 0 Å². The van der Waals surface area contributed by atoms with Crippen molar-refractivity contribution < 1.29 is 4.74 Å². The van der Waals surface area contributed by atoms with Crippen molar-refractivity contribution in [1.29, 1.82) is 0 Å². The minimum atomic E-state index is 0.226. The molecule has 3 nitrogen and oxygen atoms in total. The maximum atomic E-state index is 5.72. The highest BCUT2D eigenvalue weighted by Gasteiger charge is 2.14. The van der Waals surface area contributed by atoms with E-state index in [9.17, 15) is 0 Å². The molecule has 1 aromatic carbocycles. The number of nitrogens with one attached hydrogen (secondary N) is 1. The lowest BCUT2D eigenvalue weighted by atomic mass is 9.91. The maximum Gasteiger partial charge on any atom is 0.119 e. The first-order valence-electron chi connectivity index (χ1n) is 7.93. The van der Waals surface area contributed by atoms with Gasteiger partial charge in [-0.05, 0) is 36.5 Å². The van der Waals surface area contributed by atoms with Gasteiger partial charge in [0.15, 0.2) is 0 Å². The Kier molecular flexibility index (Phi) is 8.31. The predicted octanol–water partition coefficient (Wildman–Crippen LogP) is 4.20. The van der Waals surface area contributed by atoms with E-state index in [1.807, 2.05) is 12.1 Å². The van der Waals surface area contributed by atoms with Crippen LogP contribution in [0.5, 0.6) is 5.75 Å². The van der Waals surface area contributed by atoms with E-state index in [1.54, 1.807) is 0 Å². The van der Waals surface area contributed by atoms with Gasteiger partial charge in [-0.2, -0.15) is 0 Å². The van der Waals surface area contributed by atoms with E-state index in [0.29, 0.717) is 0 Å². The fourth-order valence-corrected chi connectivity index (χ4v) is 2.39. The summed E-state index contributed by atoms with van der Waals surface area (Å²) in [4.78, 5) is 0. The summed E-state index contributed by atoms with van der Waals surface area (Å²) in [6.45, 7) is 7.45. The lowest BCUT2D eigenvalue weighted by molar-refractivity contribution is 0.309. The molecule has 3 heteroatoms. The molecule has 0 amide bonds. The first kappa shape index (κ1) is 17.0. The average molecular weight is 278 g/mol. The molecule has 1 unspecified atom stereocenters. The first-order valence-corrected chi connectivity index (χ1v) is 7.93. The molecular formula is C17H30N2O. The van der Waals surface area contributed by atoms with Crippen molar-refractivity contribution in [3.05, 3.63) is 29.8 Å². The summed E-state index contributed by atoms with van der Waals surface area (Å²) in [6.07, 6.45) is 5.75. The topological polar surface area (TPSA) is 47.3 Å². The van der Waals surface area contributed by atoms with E-state index < -0.39 is 0 Å². The van der Waals surface area contributed by atoms with Gasteiger partial charge in [0.05, 0.1) is 6.61 Å². The molecule has 114 valence electrons. The van der Waals surface area contributed by atoms with Crippen LogP contribution in [-0.2, 0) is 0 Å². The minimum absolute atomic E-state index is 0.226. The molecule has 0 fully saturated rings. The summed E-state index contributed by atoms with van der Waals surface area (Å²) in [6, 6.07) is 8.55. The highest BCUT2D eigenvalue weighted by atomic mass is 16.5. The van der Waals surface area contributed by atoms with Crippen molar-refractivity contribution in [2.75, 3.05) is 6.61 Å². The van der Waals surface area contributed by atoms with E-state index in [2.05, 4.69) is 38.3 Å². The molecule has 0 aliphatic heterocycles. The van der Waals surface area contributed by atoms with Gasteiger partial charge in [0.2, 0.25) is 0 Å². The number of hydrazine groups is 1. The molecule has 0 saturated carbocycles. The van der Waals surface area contributed by atoms with Crippen molar-refractivity contribution in [3.8, 4) is 5.75 Å². The fourth-order valence-electron chi connectivity index (χ4n) is 2.39. The molecule has 0 heterocycles. The summed E-state index contributed by atoms with van der Waals surface area (Å²) < 4.78 is 5.69. The summed E-state index contributed by atoms with van der Waals surface area (Å²) in [5.41, 5.74) is 4.19. The van der Waals surface area contributed by atoms with Crippen molar-refractivity contribution >= 4 is 0 Å². The maximum absolute atomic E-state index is 5.72. The molecule has 0 bridgehead atoms. The van der Waals surface area contributed by atoms with Crippen LogP contribution in [0.4, 0.5) is 0 Å². The van der Waals surface area contributed by atoms with E-state index in [0.717, 1.165) is 37.5 Å². The number of ether oxygens (including phenoxy) is 1. The molecule has 1 aromatic rings. The zero-order chi connectivity index (χ0) is 14.8. The Balaban J connectivity index is 2.59. The molecule has 0 aliphatic carbocycles. The molecule has 0 aliphatic rings. The third kappa shape index (κ3) is 5.51. The van der Waals surface area contributed by atoms with Crippen LogP contribution in [0, 0.1) is 5.92 Å². The van der Waals surface area contributed by atoms with Crippen molar-refractivity contribution in [3.63, 3.8) is 0 Å². The highest BCUT2D eigenvalue weighted by molar-refractivity contribution is 5.29. The standard InChI is InChI=1S/C17H30N2O/c1-4-7-12-20-16-10-8-15(9-11-16)17(19-18)13-14(5-2)6-3/h8-11,14,17,19H,4-7,12-13,18H2,1-3H3. The number of rotatable bonds is 10. The fraction of sp³-hybridized carbons (Fsp3) is 0.647. The average Bonchev–Trinajstić information content (AvgIpc) is 2.50. The van der Waals surface area contributed by atoms with Crippen LogP contribution in [0.15, 0.2) is 24.3 Å². The van der Waals surface area contributed by atoms with Crippen molar-refractivity contribution in [2.24, 2.45) is 11.8 Å². The quantitative estimate of drug-likeness (QED) is 0.383. The van der Waals surface area contributed by atoms with Gasteiger partial charge < -0.3 is 4.74 Å². The van der Waals surface area contributed by atoms with Gasteiger partial charge in [0.1, 0.15) is 5.75 Å². The zero-order valence-electron chi connectivity index (χ0n) is 13.2. The van der Waals surface area contributed by atoms with E-state index in [-0.39, 0.29) is 6.04 Å². The highest BCUT2D eigenvalue weighted by Crippen LogP contribution is 2.26. The Morgan fingerprint density at radius 3 is 2.25 bits per heavy atom. The summed E-state index contributed by atoms with van der Waals surface area (Å²) in [5.74, 6) is 7.38. The molecule has 3 N–H and O–H groups in total. The van der Waals surface area contributed by atoms with Gasteiger partial charge in [-0.3, -0.25) is 11.3 Å². The lowest BCUT2D eigenvalue weighted by Gasteiger charge is -2.21. The smallest absolute Gasteiger partial charge is 0.119 e. The SMILES string of the molecule is CCCCOc1ccc(C(CC(CC)CC)NN)cc1.